The van der Waals surface area contributed by atoms with Gasteiger partial charge in [-0.25, -0.2) is 0 Å². The highest BCUT2D eigenvalue weighted by atomic mass is 35.5. The molecule has 0 saturated heterocycles. The van der Waals surface area contributed by atoms with E-state index in [0.717, 1.165) is 12.8 Å². The number of hydrogen-bond acceptors (Lipinski definition) is 3. The van der Waals surface area contributed by atoms with Crippen LogP contribution in [0.25, 0.3) is 0 Å². The van der Waals surface area contributed by atoms with Gasteiger partial charge in [-0.3, -0.25) is 9.59 Å². The summed E-state index contributed by atoms with van der Waals surface area (Å²) in [5, 5.41) is 6.12. The van der Waals surface area contributed by atoms with Gasteiger partial charge in [0.1, 0.15) is 5.75 Å². The van der Waals surface area contributed by atoms with Gasteiger partial charge in [0.05, 0.1) is 5.02 Å². The zero-order chi connectivity index (χ0) is 22.1. The van der Waals surface area contributed by atoms with Crippen molar-refractivity contribution in [2.45, 2.75) is 32.3 Å². The number of anilines is 2. The fourth-order valence-electron chi connectivity index (χ4n) is 2.99. The Balaban J connectivity index is 1.44. The lowest BCUT2D eigenvalue weighted by Gasteiger charge is -2.15. The van der Waals surface area contributed by atoms with E-state index in [1.54, 1.807) is 55.5 Å². The molecule has 160 valence electrons. The van der Waals surface area contributed by atoms with Crippen LogP contribution in [0, 0.1) is 0 Å². The first-order valence-corrected chi connectivity index (χ1v) is 10.5. The number of para-hydroxylation sites is 1. The Hall–Kier alpha value is -3.31. The zero-order valence-corrected chi connectivity index (χ0v) is 18.1. The van der Waals surface area contributed by atoms with Crippen LogP contribution in [0.5, 0.6) is 5.75 Å². The maximum absolute atomic E-state index is 12.4. The number of amides is 2. The van der Waals surface area contributed by atoms with Crippen molar-refractivity contribution in [2.75, 3.05) is 10.6 Å². The third-order valence-corrected chi connectivity index (χ3v) is 4.97. The van der Waals surface area contributed by atoms with E-state index >= 15 is 0 Å². The van der Waals surface area contributed by atoms with E-state index in [1.807, 2.05) is 18.2 Å². The monoisotopic (exact) mass is 436 g/mol. The SMILES string of the molecule is CC(Oc1ccccc1Cl)C(=O)Nc1ccc(NC(=O)CCCc2ccccc2)cc1. The molecule has 0 aliphatic carbocycles. The molecule has 3 aromatic rings. The van der Waals surface area contributed by atoms with E-state index in [4.69, 9.17) is 16.3 Å². The van der Waals surface area contributed by atoms with Gasteiger partial charge in [-0.15, -0.1) is 0 Å². The molecule has 0 radical (unpaired) electrons. The van der Waals surface area contributed by atoms with Crippen molar-refractivity contribution in [3.8, 4) is 5.75 Å². The molecular formula is C25H25ClN2O3. The van der Waals surface area contributed by atoms with Crippen LogP contribution in [-0.4, -0.2) is 17.9 Å². The number of rotatable bonds is 9. The van der Waals surface area contributed by atoms with Crippen LogP contribution in [0.1, 0.15) is 25.3 Å². The first-order chi connectivity index (χ1) is 15.0. The van der Waals surface area contributed by atoms with Gasteiger partial charge in [0.15, 0.2) is 6.10 Å². The fraction of sp³-hybridized carbons (Fsp3) is 0.200. The highest BCUT2D eigenvalue weighted by Gasteiger charge is 2.16. The summed E-state index contributed by atoms with van der Waals surface area (Å²) in [7, 11) is 0. The van der Waals surface area contributed by atoms with Crippen LogP contribution in [0.15, 0.2) is 78.9 Å². The van der Waals surface area contributed by atoms with Gasteiger partial charge >= 0.3 is 0 Å². The minimum atomic E-state index is -0.719. The molecular weight excluding hydrogens is 412 g/mol. The normalized spacial score (nSPS) is 11.4. The number of halogens is 1. The van der Waals surface area contributed by atoms with Gasteiger partial charge in [-0.1, -0.05) is 54.1 Å². The summed E-state index contributed by atoms with van der Waals surface area (Å²) in [4.78, 5) is 24.5. The van der Waals surface area contributed by atoms with Gasteiger partial charge in [-0.05, 0) is 61.7 Å². The quantitative estimate of drug-likeness (QED) is 0.451. The molecule has 5 nitrogen and oxygen atoms in total. The summed E-state index contributed by atoms with van der Waals surface area (Å²) in [5.74, 6) is 0.129. The lowest BCUT2D eigenvalue weighted by molar-refractivity contribution is -0.122. The Morgan fingerprint density at radius 3 is 2.16 bits per heavy atom. The summed E-state index contributed by atoms with van der Waals surface area (Å²) >= 11 is 6.06. The van der Waals surface area contributed by atoms with Gasteiger partial charge in [0.2, 0.25) is 5.91 Å². The second kappa shape index (κ2) is 11.2. The Bertz CT molecular complexity index is 1010. The van der Waals surface area contributed by atoms with Gasteiger partial charge in [-0.2, -0.15) is 0 Å². The molecule has 0 aromatic heterocycles. The van der Waals surface area contributed by atoms with E-state index < -0.39 is 6.10 Å². The first-order valence-electron chi connectivity index (χ1n) is 10.2. The Morgan fingerprint density at radius 2 is 1.48 bits per heavy atom. The van der Waals surface area contributed by atoms with Crippen molar-refractivity contribution >= 4 is 34.8 Å². The van der Waals surface area contributed by atoms with Gasteiger partial charge in [0.25, 0.3) is 5.91 Å². The van der Waals surface area contributed by atoms with E-state index in [-0.39, 0.29) is 11.8 Å². The van der Waals surface area contributed by atoms with Crippen LogP contribution < -0.4 is 15.4 Å². The van der Waals surface area contributed by atoms with Crippen LogP contribution in [0.3, 0.4) is 0 Å². The number of nitrogens with one attached hydrogen (secondary N) is 2. The Kier molecular flexibility index (Phi) is 8.07. The molecule has 3 rings (SSSR count). The zero-order valence-electron chi connectivity index (χ0n) is 17.3. The third-order valence-electron chi connectivity index (χ3n) is 4.66. The van der Waals surface area contributed by atoms with E-state index in [9.17, 15) is 9.59 Å². The maximum atomic E-state index is 12.4. The van der Waals surface area contributed by atoms with E-state index in [0.29, 0.717) is 28.6 Å². The fourth-order valence-corrected chi connectivity index (χ4v) is 3.17. The minimum Gasteiger partial charge on any atom is -0.479 e. The number of ether oxygens (including phenoxy) is 1. The second-order valence-corrected chi connectivity index (χ2v) is 7.55. The van der Waals surface area contributed by atoms with E-state index in [1.165, 1.54) is 5.56 Å². The largest absolute Gasteiger partial charge is 0.479 e. The van der Waals surface area contributed by atoms with Crippen molar-refractivity contribution in [1.82, 2.24) is 0 Å². The highest BCUT2D eigenvalue weighted by Crippen LogP contribution is 2.24. The summed E-state index contributed by atoms with van der Waals surface area (Å²) in [5.41, 5.74) is 2.52. The average Bonchev–Trinajstić information content (AvgIpc) is 2.77. The summed E-state index contributed by atoms with van der Waals surface area (Å²) < 4.78 is 5.62. The molecule has 3 aromatic carbocycles. The number of carbonyl (C=O) groups is 2. The second-order valence-electron chi connectivity index (χ2n) is 7.14. The average molecular weight is 437 g/mol. The van der Waals surface area contributed by atoms with Crippen molar-refractivity contribution < 1.29 is 14.3 Å². The summed E-state index contributed by atoms with van der Waals surface area (Å²) in [6.45, 7) is 1.66. The molecule has 0 saturated carbocycles. The number of aryl methyl sites for hydroxylation is 1. The van der Waals surface area contributed by atoms with Crippen LogP contribution in [0.4, 0.5) is 11.4 Å². The molecule has 1 unspecified atom stereocenters. The Morgan fingerprint density at radius 1 is 0.871 bits per heavy atom. The Labute approximate surface area is 187 Å². The lowest BCUT2D eigenvalue weighted by Crippen LogP contribution is -2.30. The summed E-state index contributed by atoms with van der Waals surface area (Å²) in [6.07, 6.45) is 1.38. The molecule has 0 heterocycles. The lowest BCUT2D eigenvalue weighted by atomic mass is 10.1. The third kappa shape index (κ3) is 7.15. The van der Waals surface area contributed by atoms with Crippen molar-refractivity contribution in [3.05, 3.63) is 89.4 Å². The molecule has 6 heteroatoms. The standard InChI is InChI=1S/C25H25ClN2O3/c1-18(31-23-12-6-5-11-22(23)26)25(30)28-21-16-14-20(15-17-21)27-24(29)13-7-10-19-8-3-2-4-9-19/h2-6,8-9,11-12,14-18H,7,10,13H2,1H3,(H,27,29)(H,28,30). The maximum Gasteiger partial charge on any atom is 0.265 e. The first kappa shape index (κ1) is 22.4. The number of benzene rings is 3. The molecule has 0 aliphatic heterocycles. The van der Waals surface area contributed by atoms with Crippen molar-refractivity contribution in [3.63, 3.8) is 0 Å². The van der Waals surface area contributed by atoms with Gasteiger partial charge in [0, 0.05) is 17.8 Å². The van der Waals surface area contributed by atoms with Gasteiger partial charge < -0.3 is 15.4 Å². The smallest absolute Gasteiger partial charge is 0.265 e. The molecule has 0 fully saturated rings. The number of hydrogen-bond donors (Lipinski definition) is 2. The molecule has 0 bridgehead atoms. The molecule has 2 amide bonds. The summed E-state index contributed by atoms with van der Waals surface area (Å²) in [6, 6.07) is 24.1. The predicted octanol–water partition coefficient (Wildman–Crippen LogP) is 5.71. The predicted molar refractivity (Wildman–Crippen MR) is 125 cm³/mol. The highest BCUT2D eigenvalue weighted by molar-refractivity contribution is 6.32. The molecule has 0 aliphatic rings. The van der Waals surface area contributed by atoms with Crippen molar-refractivity contribution in [1.29, 1.82) is 0 Å². The van der Waals surface area contributed by atoms with Crippen LogP contribution >= 0.6 is 11.6 Å². The molecule has 31 heavy (non-hydrogen) atoms. The molecule has 1 atom stereocenters. The van der Waals surface area contributed by atoms with Crippen LogP contribution in [-0.2, 0) is 16.0 Å². The topological polar surface area (TPSA) is 67.4 Å². The molecule has 0 spiro atoms. The molecule has 2 N–H and O–H groups in total. The minimum absolute atomic E-state index is 0.0329. The van der Waals surface area contributed by atoms with E-state index in [2.05, 4.69) is 22.8 Å². The number of carbonyl (C=O) groups excluding carboxylic acids is 2. The van der Waals surface area contributed by atoms with Crippen LogP contribution in [0.2, 0.25) is 5.02 Å². The van der Waals surface area contributed by atoms with Crippen molar-refractivity contribution in [2.24, 2.45) is 0 Å².